The zero-order chi connectivity index (χ0) is 30.7. The van der Waals surface area contributed by atoms with Crippen molar-refractivity contribution in [3.8, 4) is 17.2 Å². The Kier molecular flexibility index (Phi) is 6.39. The Morgan fingerprint density at radius 2 is 1.45 bits per heavy atom. The summed E-state index contributed by atoms with van der Waals surface area (Å²) in [5, 5.41) is 0. The first-order valence-electron chi connectivity index (χ1n) is 14.2. The molecule has 3 aliphatic rings. The summed E-state index contributed by atoms with van der Waals surface area (Å²) < 4.78 is 31.7. The van der Waals surface area contributed by atoms with E-state index in [4.69, 9.17) is 14.2 Å². The molecule has 8 heteroatoms. The summed E-state index contributed by atoms with van der Waals surface area (Å²) in [5.41, 5.74) is 0.783. The molecule has 0 bridgehead atoms. The van der Waals surface area contributed by atoms with Crippen molar-refractivity contribution < 1.29 is 33.0 Å². The van der Waals surface area contributed by atoms with Gasteiger partial charge in [0.05, 0.1) is 27.4 Å². The molecule has 0 saturated carbocycles. The van der Waals surface area contributed by atoms with E-state index in [9.17, 15) is 18.8 Å². The maximum absolute atomic E-state index is 14.9. The molecule has 1 saturated heterocycles. The van der Waals surface area contributed by atoms with Gasteiger partial charge >= 0.3 is 0 Å². The van der Waals surface area contributed by atoms with E-state index in [0.29, 0.717) is 39.3 Å². The highest BCUT2D eigenvalue weighted by Gasteiger charge is 2.72. The first-order chi connectivity index (χ1) is 21.4. The van der Waals surface area contributed by atoms with Crippen LogP contribution >= 0.6 is 0 Å². The number of carbonyl (C=O) groups is 3. The Bertz CT molecular complexity index is 1850. The minimum Gasteiger partial charge on any atom is -0.493 e. The summed E-state index contributed by atoms with van der Waals surface area (Å²) in [6, 6.07) is 21.3. The maximum Gasteiger partial charge on any atom is 0.203 e. The largest absolute Gasteiger partial charge is 0.493 e. The van der Waals surface area contributed by atoms with Crippen LogP contribution in [0.3, 0.4) is 0 Å². The van der Waals surface area contributed by atoms with Gasteiger partial charge in [-0.2, -0.15) is 0 Å². The van der Waals surface area contributed by atoms with E-state index in [1.165, 1.54) is 33.5 Å². The van der Waals surface area contributed by atoms with Crippen molar-refractivity contribution in [3.63, 3.8) is 0 Å². The van der Waals surface area contributed by atoms with Gasteiger partial charge in [0.25, 0.3) is 0 Å². The molecular formula is C36H28FNO6. The lowest BCUT2D eigenvalue weighted by molar-refractivity contribution is 0.0664. The highest BCUT2D eigenvalue weighted by molar-refractivity contribution is 6.32. The molecule has 7 nitrogen and oxygen atoms in total. The molecule has 220 valence electrons. The molecule has 0 unspecified atom stereocenters. The van der Waals surface area contributed by atoms with Crippen LogP contribution in [0.25, 0.3) is 6.08 Å². The van der Waals surface area contributed by atoms with Crippen LogP contribution in [0.1, 0.15) is 48.1 Å². The van der Waals surface area contributed by atoms with Crippen LogP contribution < -0.4 is 19.1 Å². The highest BCUT2D eigenvalue weighted by atomic mass is 19.1. The van der Waals surface area contributed by atoms with Crippen LogP contribution in [0.4, 0.5) is 10.1 Å². The number of hydrogen-bond acceptors (Lipinski definition) is 7. The third-order valence-corrected chi connectivity index (χ3v) is 9.16. The van der Waals surface area contributed by atoms with Crippen LogP contribution in [0.15, 0.2) is 91.0 Å². The van der Waals surface area contributed by atoms with E-state index in [-0.39, 0.29) is 28.8 Å². The second-order valence-electron chi connectivity index (χ2n) is 11.1. The second kappa shape index (κ2) is 10.2. The highest BCUT2D eigenvalue weighted by Crippen LogP contribution is 2.63. The van der Waals surface area contributed by atoms with Gasteiger partial charge < -0.3 is 19.1 Å². The number of rotatable bonds is 6. The van der Waals surface area contributed by atoms with Gasteiger partial charge in [-0.05, 0) is 24.3 Å². The first kappa shape index (κ1) is 27.6. The Hall–Kier alpha value is -5.24. The van der Waals surface area contributed by atoms with E-state index in [2.05, 4.69) is 0 Å². The van der Waals surface area contributed by atoms with Gasteiger partial charge in [0.2, 0.25) is 5.75 Å². The molecular weight excluding hydrogens is 561 g/mol. The topological polar surface area (TPSA) is 82.1 Å². The van der Waals surface area contributed by atoms with Crippen molar-refractivity contribution in [1.29, 1.82) is 0 Å². The molecule has 44 heavy (non-hydrogen) atoms. The fourth-order valence-electron chi connectivity index (χ4n) is 7.43. The lowest BCUT2D eigenvalue weighted by atomic mass is 9.64. The van der Waals surface area contributed by atoms with Crippen molar-refractivity contribution in [2.24, 2.45) is 5.41 Å². The Labute approximate surface area is 253 Å². The van der Waals surface area contributed by atoms with Crippen LogP contribution in [-0.2, 0) is 0 Å². The summed E-state index contributed by atoms with van der Waals surface area (Å²) in [6.45, 7) is 0. The van der Waals surface area contributed by atoms with Gasteiger partial charge in [0, 0.05) is 39.4 Å². The SMILES string of the molecule is COc1ccc([C@@H]2[C@H](C(=O)c3ccccc3)N3c4ccc(F)cc4C=C[C@@H]3C23C(=O)c2ccccc2C3=O)c(OC)c1OC. The molecule has 1 aliphatic carbocycles. The predicted molar refractivity (Wildman–Crippen MR) is 163 cm³/mol. The van der Waals surface area contributed by atoms with Gasteiger partial charge in [0.1, 0.15) is 17.3 Å². The molecule has 7 rings (SSSR count). The van der Waals surface area contributed by atoms with Gasteiger partial charge in [-0.25, -0.2) is 4.39 Å². The average Bonchev–Trinajstić information content (AvgIpc) is 3.49. The van der Waals surface area contributed by atoms with Crippen molar-refractivity contribution in [3.05, 3.63) is 125 Å². The van der Waals surface area contributed by atoms with Crippen molar-refractivity contribution >= 4 is 29.1 Å². The molecule has 2 aliphatic heterocycles. The lowest BCUT2D eigenvalue weighted by Gasteiger charge is -2.37. The minimum absolute atomic E-state index is 0.252. The number of benzene rings is 4. The molecule has 1 spiro atoms. The van der Waals surface area contributed by atoms with Crippen LogP contribution in [-0.4, -0.2) is 50.8 Å². The molecule has 0 amide bonds. The molecule has 1 fully saturated rings. The zero-order valence-corrected chi connectivity index (χ0v) is 24.2. The average molecular weight is 590 g/mol. The monoisotopic (exact) mass is 589 g/mol. The third-order valence-electron chi connectivity index (χ3n) is 9.16. The molecule has 3 atom stereocenters. The minimum atomic E-state index is -1.76. The Balaban J connectivity index is 1.60. The molecule has 0 N–H and O–H groups in total. The second-order valence-corrected chi connectivity index (χ2v) is 11.1. The fraction of sp³-hybridized carbons (Fsp3) is 0.194. The molecule has 0 radical (unpaired) electrons. The molecule has 2 heterocycles. The summed E-state index contributed by atoms with van der Waals surface area (Å²) in [7, 11) is 4.44. The number of ether oxygens (including phenoxy) is 3. The van der Waals surface area contributed by atoms with Crippen LogP contribution in [0.5, 0.6) is 17.2 Å². The van der Waals surface area contributed by atoms with Crippen molar-refractivity contribution in [2.45, 2.75) is 18.0 Å². The first-order valence-corrected chi connectivity index (χ1v) is 14.2. The number of fused-ring (bicyclic) bond motifs is 5. The normalized spacial score (nSPS) is 20.7. The standard InChI is InChI=1S/C36H28FNO6/c1-42-27-17-15-25(32(43-2)33(27)44-3)29-30(31(39)20-9-5-4-6-10-20)38-26-16-14-22(37)19-21(26)13-18-28(38)36(29)34(40)23-11-7-8-12-24(23)35(36)41/h4-19,28-30H,1-3H3/t28-,29-,30-/m1/s1. The quantitative estimate of drug-likeness (QED) is 0.197. The van der Waals surface area contributed by atoms with Gasteiger partial charge in [-0.1, -0.05) is 72.8 Å². The maximum atomic E-state index is 14.9. The number of nitrogens with zero attached hydrogens (tertiary/aromatic N) is 1. The number of hydrogen-bond donors (Lipinski definition) is 0. The summed E-state index contributed by atoms with van der Waals surface area (Å²) in [6.07, 6.45) is 3.48. The Morgan fingerprint density at radius 1 is 0.795 bits per heavy atom. The molecule has 0 aromatic heterocycles. The number of methoxy groups -OCH3 is 3. The lowest BCUT2D eigenvalue weighted by Crippen LogP contribution is -2.48. The van der Waals surface area contributed by atoms with E-state index >= 15 is 0 Å². The summed E-state index contributed by atoms with van der Waals surface area (Å²) in [5.74, 6) is -1.63. The summed E-state index contributed by atoms with van der Waals surface area (Å²) >= 11 is 0. The van der Waals surface area contributed by atoms with E-state index in [0.717, 1.165) is 0 Å². The van der Waals surface area contributed by atoms with E-state index in [1.54, 1.807) is 78.9 Å². The van der Waals surface area contributed by atoms with Crippen LogP contribution in [0, 0.1) is 11.2 Å². The number of anilines is 1. The van der Waals surface area contributed by atoms with Gasteiger partial charge in [-0.15, -0.1) is 0 Å². The van der Waals surface area contributed by atoms with E-state index in [1.807, 2.05) is 11.0 Å². The molecule has 4 aromatic carbocycles. The number of halogens is 1. The zero-order valence-electron chi connectivity index (χ0n) is 24.2. The number of ketones is 3. The van der Waals surface area contributed by atoms with Gasteiger partial charge in [0.15, 0.2) is 28.8 Å². The van der Waals surface area contributed by atoms with Gasteiger partial charge in [-0.3, -0.25) is 14.4 Å². The third kappa shape index (κ3) is 3.57. The van der Waals surface area contributed by atoms with Crippen molar-refractivity contribution in [2.75, 3.05) is 26.2 Å². The smallest absolute Gasteiger partial charge is 0.203 e. The van der Waals surface area contributed by atoms with E-state index < -0.39 is 29.2 Å². The summed E-state index contributed by atoms with van der Waals surface area (Å²) in [4.78, 5) is 46.4. The fourth-order valence-corrected chi connectivity index (χ4v) is 7.43. The predicted octanol–water partition coefficient (Wildman–Crippen LogP) is 6.17. The Morgan fingerprint density at radius 3 is 2.09 bits per heavy atom. The van der Waals surface area contributed by atoms with Crippen molar-refractivity contribution in [1.82, 2.24) is 0 Å². The number of carbonyl (C=O) groups excluding carboxylic acids is 3. The molecule has 4 aromatic rings. The number of Topliss-reactive ketones (excluding diaryl/α,β-unsaturated/α-hetero) is 3. The van der Waals surface area contributed by atoms with Crippen LogP contribution in [0.2, 0.25) is 0 Å².